The lowest BCUT2D eigenvalue weighted by atomic mass is 9.66. The predicted octanol–water partition coefficient (Wildman–Crippen LogP) is 4.09. The van der Waals surface area contributed by atoms with Crippen LogP contribution in [0.3, 0.4) is 0 Å². The first kappa shape index (κ1) is 21.6. The van der Waals surface area contributed by atoms with Crippen LogP contribution in [-0.4, -0.2) is 44.7 Å². The minimum absolute atomic E-state index is 0.0512. The van der Waals surface area contributed by atoms with Gasteiger partial charge >= 0.3 is 0 Å². The first-order chi connectivity index (χ1) is 16.2. The summed E-state index contributed by atoms with van der Waals surface area (Å²) in [5.41, 5.74) is 4.03. The minimum atomic E-state index is -0.393. The van der Waals surface area contributed by atoms with E-state index in [0.29, 0.717) is 12.2 Å². The van der Waals surface area contributed by atoms with E-state index in [2.05, 4.69) is 73.6 Å². The fraction of sp³-hybridized carbons (Fsp3) is 0.519. The van der Waals surface area contributed by atoms with E-state index in [0.717, 1.165) is 43.6 Å². The van der Waals surface area contributed by atoms with E-state index >= 15 is 0 Å². The number of fused-ring (bicyclic) bond motifs is 2. The summed E-state index contributed by atoms with van der Waals surface area (Å²) < 4.78 is 8.27. The number of pyridine rings is 1. The van der Waals surface area contributed by atoms with Crippen LogP contribution in [0.4, 0.5) is 5.69 Å². The molecule has 3 aromatic rings. The number of nitrogens with zero attached hydrogens (tertiary/aromatic N) is 4. The van der Waals surface area contributed by atoms with Gasteiger partial charge in [0.15, 0.2) is 11.5 Å². The van der Waals surface area contributed by atoms with Crippen LogP contribution in [0.2, 0.25) is 0 Å². The molecule has 4 fully saturated rings. The molecule has 7 heteroatoms. The second-order valence-electron chi connectivity index (χ2n) is 11.1. The highest BCUT2D eigenvalue weighted by atomic mass is 16.5. The number of hydrogen-bond acceptors (Lipinski definition) is 5. The number of carbonyl (C=O) groups excluding carboxylic acids is 1. The third kappa shape index (κ3) is 3.24. The standard InChI is InChI=1S/C27H33N5O2/c1-5-21(33)29-27-15-26(4,16-27)34-22(27)23-28-24-18(2)13-20(14-32(24)30-23)31-12-11-25(3,17-31)19-9-7-6-8-10-19/h6-10,13-14,22H,5,11-12,15-17H2,1-4H3,(H,29,33)/t22?,25-,26?,27?/m0/s1. The molecule has 1 aromatic carbocycles. The summed E-state index contributed by atoms with van der Waals surface area (Å²) >= 11 is 0. The van der Waals surface area contributed by atoms with Crippen molar-refractivity contribution in [1.82, 2.24) is 19.9 Å². The van der Waals surface area contributed by atoms with Gasteiger partial charge in [-0.05, 0) is 37.5 Å². The van der Waals surface area contributed by atoms with Crippen LogP contribution in [0, 0.1) is 6.92 Å². The highest BCUT2D eigenvalue weighted by Crippen LogP contribution is 2.60. The van der Waals surface area contributed by atoms with Crippen molar-refractivity contribution < 1.29 is 9.53 Å². The molecule has 3 saturated heterocycles. The lowest BCUT2D eigenvalue weighted by Gasteiger charge is -2.43. The monoisotopic (exact) mass is 459 g/mol. The van der Waals surface area contributed by atoms with Crippen LogP contribution in [0.5, 0.6) is 0 Å². The Morgan fingerprint density at radius 2 is 2.00 bits per heavy atom. The van der Waals surface area contributed by atoms with Gasteiger partial charge in [-0.1, -0.05) is 44.2 Å². The van der Waals surface area contributed by atoms with E-state index in [1.54, 1.807) is 0 Å². The molecule has 7 nitrogen and oxygen atoms in total. The lowest BCUT2D eigenvalue weighted by molar-refractivity contribution is -0.123. The zero-order valence-electron chi connectivity index (χ0n) is 20.5. The molecule has 1 amide bonds. The van der Waals surface area contributed by atoms with Gasteiger partial charge < -0.3 is 15.0 Å². The molecule has 2 aromatic heterocycles. The number of anilines is 1. The topological polar surface area (TPSA) is 71.8 Å². The number of carbonyl (C=O) groups is 1. The summed E-state index contributed by atoms with van der Waals surface area (Å²) in [6.07, 6.45) is 4.97. The number of rotatable bonds is 5. The number of nitrogens with one attached hydrogen (secondary N) is 1. The van der Waals surface area contributed by atoms with E-state index < -0.39 is 5.54 Å². The van der Waals surface area contributed by atoms with Crippen molar-refractivity contribution in [2.75, 3.05) is 18.0 Å². The summed E-state index contributed by atoms with van der Waals surface area (Å²) in [7, 11) is 0. The van der Waals surface area contributed by atoms with E-state index in [9.17, 15) is 4.79 Å². The average Bonchev–Trinajstić information content (AvgIpc) is 3.53. The third-order valence-corrected chi connectivity index (χ3v) is 8.16. The number of ether oxygens (including phenoxy) is 1. The number of aromatic nitrogens is 3. The van der Waals surface area contributed by atoms with Gasteiger partial charge in [0, 0.05) is 37.8 Å². The van der Waals surface area contributed by atoms with Crippen molar-refractivity contribution in [2.24, 2.45) is 0 Å². The molecule has 1 saturated carbocycles. The Kier molecular flexibility index (Phi) is 4.63. The molecular weight excluding hydrogens is 426 g/mol. The molecule has 3 aliphatic heterocycles. The molecule has 0 spiro atoms. The Balaban J connectivity index is 1.30. The lowest BCUT2D eigenvalue weighted by Crippen LogP contribution is -2.59. The van der Waals surface area contributed by atoms with Gasteiger partial charge in [0.2, 0.25) is 5.91 Å². The van der Waals surface area contributed by atoms with E-state index in [1.807, 2.05) is 11.4 Å². The highest BCUT2D eigenvalue weighted by molar-refractivity contribution is 5.77. The molecule has 1 aliphatic carbocycles. The van der Waals surface area contributed by atoms with E-state index in [4.69, 9.17) is 14.8 Å². The highest BCUT2D eigenvalue weighted by Gasteiger charge is 2.67. The van der Waals surface area contributed by atoms with Crippen LogP contribution in [0.15, 0.2) is 42.6 Å². The van der Waals surface area contributed by atoms with Crippen LogP contribution < -0.4 is 10.2 Å². The predicted molar refractivity (Wildman–Crippen MR) is 131 cm³/mol. The molecule has 178 valence electrons. The third-order valence-electron chi connectivity index (χ3n) is 8.16. The fourth-order valence-corrected chi connectivity index (χ4v) is 6.46. The zero-order chi connectivity index (χ0) is 23.7. The number of hydrogen-bond donors (Lipinski definition) is 1. The molecule has 4 aliphatic rings. The summed E-state index contributed by atoms with van der Waals surface area (Å²) in [5.74, 6) is 0.712. The maximum atomic E-state index is 12.2. The maximum Gasteiger partial charge on any atom is 0.220 e. The molecule has 0 radical (unpaired) electrons. The minimum Gasteiger partial charge on any atom is -0.369 e. The largest absolute Gasteiger partial charge is 0.369 e. The van der Waals surface area contributed by atoms with Gasteiger partial charge in [0.1, 0.15) is 6.10 Å². The Morgan fingerprint density at radius 1 is 1.24 bits per heavy atom. The molecular formula is C27H33N5O2. The van der Waals surface area contributed by atoms with E-state index in [-0.39, 0.29) is 23.0 Å². The van der Waals surface area contributed by atoms with Crippen LogP contribution in [0.25, 0.3) is 5.65 Å². The van der Waals surface area contributed by atoms with Gasteiger partial charge in [-0.25, -0.2) is 9.50 Å². The summed E-state index contributed by atoms with van der Waals surface area (Å²) in [4.78, 5) is 19.6. The first-order valence-electron chi connectivity index (χ1n) is 12.4. The summed E-state index contributed by atoms with van der Waals surface area (Å²) in [6.45, 7) is 10.4. The Hall–Kier alpha value is -2.93. The second kappa shape index (κ2) is 7.28. The van der Waals surface area contributed by atoms with Gasteiger partial charge in [-0.15, -0.1) is 5.10 Å². The smallest absolute Gasteiger partial charge is 0.220 e. The first-order valence-corrected chi connectivity index (χ1v) is 12.4. The van der Waals surface area contributed by atoms with Crippen molar-refractivity contribution in [3.8, 4) is 0 Å². The summed E-state index contributed by atoms with van der Waals surface area (Å²) in [6, 6.07) is 13.0. The molecule has 5 heterocycles. The molecule has 1 unspecified atom stereocenters. The average molecular weight is 460 g/mol. The van der Waals surface area contributed by atoms with Crippen molar-refractivity contribution in [1.29, 1.82) is 0 Å². The molecule has 1 N–H and O–H groups in total. The second-order valence-corrected chi connectivity index (χ2v) is 11.1. The van der Waals surface area contributed by atoms with Gasteiger partial charge in [-0.3, -0.25) is 4.79 Å². The maximum absolute atomic E-state index is 12.2. The quantitative estimate of drug-likeness (QED) is 0.622. The van der Waals surface area contributed by atoms with Gasteiger partial charge in [0.25, 0.3) is 0 Å². The van der Waals surface area contributed by atoms with Crippen molar-refractivity contribution in [3.63, 3.8) is 0 Å². The Bertz CT molecular complexity index is 1260. The number of amides is 1. The molecule has 2 bridgehead atoms. The Labute approximate surface area is 200 Å². The van der Waals surface area contributed by atoms with Crippen molar-refractivity contribution >= 4 is 17.2 Å². The SMILES string of the molecule is CCC(=O)NC12CC(C)(C1)OC2c1nc2c(C)cc(N3CC[C@](C)(c4ccccc4)C3)cn2n1. The van der Waals surface area contributed by atoms with Crippen molar-refractivity contribution in [2.45, 2.75) is 76.0 Å². The van der Waals surface area contributed by atoms with Gasteiger partial charge in [-0.2, -0.15) is 0 Å². The normalized spacial score (nSPS) is 32.2. The van der Waals surface area contributed by atoms with Crippen LogP contribution in [-0.2, 0) is 14.9 Å². The van der Waals surface area contributed by atoms with Crippen LogP contribution in [0.1, 0.15) is 69.5 Å². The summed E-state index contributed by atoms with van der Waals surface area (Å²) in [5, 5.41) is 8.09. The number of aryl methyl sites for hydroxylation is 1. The Morgan fingerprint density at radius 3 is 2.74 bits per heavy atom. The molecule has 7 rings (SSSR count). The zero-order valence-corrected chi connectivity index (χ0v) is 20.5. The fourth-order valence-electron chi connectivity index (χ4n) is 6.46. The molecule has 34 heavy (non-hydrogen) atoms. The van der Waals surface area contributed by atoms with Crippen molar-refractivity contribution in [3.05, 3.63) is 59.5 Å². The van der Waals surface area contributed by atoms with Gasteiger partial charge in [0.05, 0.1) is 23.0 Å². The molecule has 2 atom stereocenters. The number of benzene rings is 1. The van der Waals surface area contributed by atoms with E-state index in [1.165, 1.54) is 11.3 Å². The van der Waals surface area contributed by atoms with Crippen LogP contribution >= 0.6 is 0 Å².